The Morgan fingerprint density at radius 1 is 0.920 bits per heavy atom. The largest absolute Gasteiger partial charge is 0.479 e. The van der Waals surface area contributed by atoms with Crippen molar-refractivity contribution in [3.8, 4) is 0 Å². The summed E-state index contributed by atoms with van der Waals surface area (Å²) in [6, 6.07) is 13.9. The topological polar surface area (TPSA) is 90.0 Å². The summed E-state index contributed by atoms with van der Waals surface area (Å²) in [6.45, 7) is 0. The maximum absolute atomic E-state index is 12.7. The number of nitrogens with zero attached hydrogens (tertiary/aromatic N) is 2. The van der Waals surface area contributed by atoms with Gasteiger partial charge in [-0.25, -0.2) is 19.3 Å². The highest BCUT2D eigenvalue weighted by Crippen LogP contribution is 2.18. The van der Waals surface area contributed by atoms with Gasteiger partial charge < -0.3 is 15.3 Å². The van der Waals surface area contributed by atoms with Gasteiger partial charge in [-0.05, 0) is 17.7 Å². The van der Waals surface area contributed by atoms with Crippen LogP contribution < -0.4 is 10.2 Å². The molecule has 0 aliphatic carbocycles. The van der Waals surface area contributed by atoms with Gasteiger partial charge in [0.1, 0.15) is 0 Å². The number of hydrogen-bond acceptors (Lipinski definition) is 3. The van der Waals surface area contributed by atoms with Gasteiger partial charge >= 0.3 is 18.0 Å². The first-order valence-electron chi connectivity index (χ1n) is 7.56. The van der Waals surface area contributed by atoms with E-state index in [9.17, 15) is 19.5 Å². The standard InChI is InChI=1S/C18H19N3O4/c1-20(2)18(25)21(14-11-7-4-8-12-14)17(24)19-15(16(22)23)13-9-5-3-6-10-13/h3-12,15H,1-2H3,(H,19,24)(H,22,23). The van der Waals surface area contributed by atoms with Crippen molar-refractivity contribution in [1.29, 1.82) is 0 Å². The van der Waals surface area contributed by atoms with E-state index in [0.717, 1.165) is 4.90 Å². The van der Waals surface area contributed by atoms with Crippen molar-refractivity contribution in [1.82, 2.24) is 10.2 Å². The summed E-state index contributed by atoms with van der Waals surface area (Å²) < 4.78 is 0. The zero-order valence-electron chi connectivity index (χ0n) is 13.9. The van der Waals surface area contributed by atoms with Crippen LogP contribution in [0.2, 0.25) is 0 Å². The third kappa shape index (κ3) is 4.35. The maximum Gasteiger partial charge on any atom is 0.332 e. The first-order chi connectivity index (χ1) is 11.9. The minimum atomic E-state index is -1.27. The molecular weight excluding hydrogens is 322 g/mol. The van der Waals surface area contributed by atoms with E-state index in [0.29, 0.717) is 11.3 Å². The highest BCUT2D eigenvalue weighted by atomic mass is 16.4. The Balaban J connectivity index is 2.32. The van der Waals surface area contributed by atoms with Crippen molar-refractivity contribution in [2.75, 3.05) is 19.0 Å². The van der Waals surface area contributed by atoms with Crippen molar-refractivity contribution in [2.24, 2.45) is 0 Å². The number of carbonyl (C=O) groups is 3. The SMILES string of the molecule is CN(C)C(=O)N(C(=O)NC(C(=O)O)c1ccccc1)c1ccccc1. The summed E-state index contributed by atoms with van der Waals surface area (Å²) in [5, 5.41) is 11.9. The molecule has 7 heteroatoms. The minimum absolute atomic E-state index is 0.343. The zero-order chi connectivity index (χ0) is 18.4. The Kier molecular flexibility index (Phi) is 5.73. The van der Waals surface area contributed by atoms with Gasteiger partial charge in [-0.15, -0.1) is 0 Å². The average Bonchev–Trinajstić information content (AvgIpc) is 2.61. The van der Waals surface area contributed by atoms with E-state index in [-0.39, 0.29) is 0 Å². The molecule has 0 fully saturated rings. The van der Waals surface area contributed by atoms with Gasteiger partial charge in [-0.3, -0.25) is 0 Å². The number of benzene rings is 2. The molecule has 2 N–H and O–H groups in total. The number of amides is 4. The lowest BCUT2D eigenvalue weighted by molar-refractivity contribution is -0.139. The van der Waals surface area contributed by atoms with Gasteiger partial charge in [0.05, 0.1) is 5.69 Å². The van der Waals surface area contributed by atoms with Crippen LogP contribution in [0.3, 0.4) is 0 Å². The summed E-state index contributed by atoms with van der Waals surface area (Å²) in [5.74, 6) is -1.22. The molecule has 1 atom stereocenters. The van der Waals surface area contributed by atoms with E-state index >= 15 is 0 Å². The number of carboxylic acids is 1. The number of hydrogen-bond donors (Lipinski definition) is 2. The van der Waals surface area contributed by atoms with E-state index in [2.05, 4.69) is 5.32 Å². The number of rotatable bonds is 4. The number of nitrogens with one attached hydrogen (secondary N) is 1. The molecule has 0 saturated heterocycles. The first-order valence-corrected chi connectivity index (χ1v) is 7.56. The predicted molar refractivity (Wildman–Crippen MR) is 93.4 cm³/mol. The highest BCUT2D eigenvalue weighted by molar-refractivity contribution is 6.13. The third-order valence-electron chi connectivity index (χ3n) is 3.44. The molecule has 0 heterocycles. The van der Waals surface area contributed by atoms with E-state index in [1.54, 1.807) is 60.7 Å². The number of carbonyl (C=O) groups excluding carboxylic acids is 2. The highest BCUT2D eigenvalue weighted by Gasteiger charge is 2.29. The minimum Gasteiger partial charge on any atom is -0.479 e. The van der Waals surface area contributed by atoms with Crippen molar-refractivity contribution in [3.05, 3.63) is 66.2 Å². The van der Waals surface area contributed by atoms with Gasteiger partial charge in [0.2, 0.25) is 0 Å². The Morgan fingerprint density at radius 2 is 1.44 bits per heavy atom. The lowest BCUT2D eigenvalue weighted by atomic mass is 10.1. The van der Waals surface area contributed by atoms with Crippen molar-refractivity contribution >= 4 is 23.7 Å². The Morgan fingerprint density at radius 3 is 1.92 bits per heavy atom. The van der Waals surface area contributed by atoms with Gasteiger partial charge in [-0.1, -0.05) is 48.5 Å². The van der Waals surface area contributed by atoms with Crippen molar-refractivity contribution < 1.29 is 19.5 Å². The van der Waals surface area contributed by atoms with E-state index in [4.69, 9.17) is 0 Å². The van der Waals surface area contributed by atoms with Crippen molar-refractivity contribution in [2.45, 2.75) is 6.04 Å². The smallest absolute Gasteiger partial charge is 0.332 e. The lowest BCUT2D eigenvalue weighted by Gasteiger charge is -2.26. The number of anilines is 1. The van der Waals surface area contributed by atoms with Crippen LogP contribution in [-0.2, 0) is 4.79 Å². The molecule has 2 rings (SSSR count). The number of urea groups is 2. The molecule has 0 bridgehead atoms. The van der Waals surface area contributed by atoms with Gasteiger partial charge in [0.15, 0.2) is 6.04 Å². The summed E-state index contributed by atoms with van der Waals surface area (Å²) in [7, 11) is 3.02. The summed E-state index contributed by atoms with van der Waals surface area (Å²) in [6.07, 6.45) is 0. The molecule has 130 valence electrons. The quantitative estimate of drug-likeness (QED) is 0.895. The molecule has 0 aliphatic rings. The Labute approximate surface area is 145 Å². The van der Waals surface area contributed by atoms with Gasteiger partial charge in [0.25, 0.3) is 0 Å². The molecule has 2 aromatic rings. The van der Waals surface area contributed by atoms with Crippen LogP contribution in [0, 0.1) is 0 Å². The number of aliphatic carboxylic acids is 1. The summed E-state index contributed by atoms with van der Waals surface area (Å²) in [4.78, 5) is 38.8. The van der Waals surface area contributed by atoms with E-state index in [1.807, 2.05) is 0 Å². The molecule has 7 nitrogen and oxygen atoms in total. The monoisotopic (exact) mass is 341 g/mol. The fraction of sp³-hybridized carbons (Fsp3) is 0.167. The maximum atomic E-state index is 12.7. The van der Waals surface area contributed by atoms with E-state index < -0.39 is 24.1 Å². The Hall–Kier alpha value is -3.35. The molecule has 0 aromatic heterocycles. The summed E-state index contributed by atoms with van der Waals surface area (Å²) in [5.41, 5.74) is 0.754. The number of carboxylic acid groups (broad SMARTS) is 1. The molecule has 25 heavy (non-hydrogen) atoms. The molecule has 1 unspecified atom stereocenters. The van der Waals surface area contributed by atoms with Gasteiger partial charge in [-0.2, -0.15) is 0 Å². The van der Waals surface area contributed by atoms with Gasteiger partial charge in [0, 0.05) is 14.1 Å². The second-order valence-electron chi connectivity index (χ2n) is 5.48. The second kappa shape index (κ2) is 7.96. The number of para-hydroxylation sites is 1. The van der Waals surface area contributed by atoms with E-state index in [1.165, 1.54) is 19.0 Å². The number of imide groups is 1. The third-order valence-corrected chi connectivity index (χ3v) is 3.44. The molecule has 0 aliphatic heterocycles. The van der Waals surface area contributed by atoms with Crippen LogP contribution in [0.25, 0.3) is 0 Å². The fourth-order valence-corrected chi connectivity index (χ4v) is 2.21. The van der Waals surface area contributed by atoms with Crippen LogP contribution in [0.5, 0.6) is 0 Å². The molecule has 4 amide bonds. The van der Waals surface area contributed by atoms with Crippen LogP contribution in [0.1, 0.15) is 11.6 Å². The van der Waals surface area contributed by atoms with Crippen LogP contribution >= 0.6 is 0 Å². The lowest BCUT2D eigenvalue weighted by Crippen LogP contribution is -2.50. The molecular formula is C18H19N3O4. The van der Waals surface area contributed by atoms with Crippen molar-refractivity contribution in [3.63, 3.8) is 0 Å². The van der Waals surface area contributed by atoms with Crippen LogP contribution in [-0.4, -0.2) is 42.1 Å². The zero-order valence-corrected chi connectivity index (χ0v) is 13.9. The predicted octanol–water partition coefficient (Wildman–Crippen LogP) is 2.71. The summed E-state index contributed by atoms with van der Waals surface area (Å²) >= 11 is 0. The Bertz CT molecular complexity index is 747. The second-order valence-corrected chi connectivity index (χ2v) is 5.48. The van der Waals surface area contributed by atoms with Crippen LogP contribution in [0.4, 0.5) is 15.3 Å². The molecule has 0 saturated carbocycles. The van der Waals surface area contributed by atoms with Crippen LogP contribution in [0.15, 0.2) is 60.7 Å². The molecule has 0 radical (unpaired) electrons. The first kappa shape index (κ1) is 18.0. The molecule has 2 aromatic carbocycles. The normalized spacial score (nSPS) is 11.3. The molecule has 0 spiro atoms. The fourth-order valence-electron chi connectivity index (χ4n) is 2.21. The average molecular weight is 341 g/mol.